The molecule has 3 heterocycles. The molecule has 5 nitrogen and oxygen atoms in total. The fraction of sp³-hybridized carbons (Fsp3) is 0.429. The van der Waals surface area contributed by atoms with E-state index in [1.807, 2.05) is 28.8 Å². The molecule has 2 aromatic rings. The zero-order valence-corrected chi connectivity index (χ0v) is 11.0. The Kier molecular flexibility index (Phi) is 3.11. The third-order valence-electron chi connectivity index (χ3n) is 3.67. The standard InChI is InChI=1S/C14H17N3O2/c1-11-13(5-9-19-11)14(18)16-7-2-4-12(10-16)17-8-3-6-15-17/h3,5-6,8-9,12H,2,4,7,10H2,1H3/t12-/m0/s1. The van der Waals surface area contributed by atoms with Gasteiger partial charge in [-0.3, -0.25) is 9.48 Å². The van der Waals surface area contributed by atoms with Crippen molar-refractivity contribution in [1.29, 1.82) is 0 Å². The van der Waals surface area contributed by atoms with Gasteiger partial charge in [0.25, 0.3) is 5.91 Å². The molecule has 1 aliphatic rings. The predicted octanol–water partition coefficient (Wildman–Crippen LogP) is 2.26. The van der Waals surface area contributed by atoms with E-state index >= 15 is 0 Å². The number of rotatable bonds is 2. The van der Waals surface area contributed by atoms with Gasteiger partial charge in [0.1, 0.15) is 5.76 Å². The van der Waals surface area contributed by atoms with E-state index in [1.165, 1.54) is 0 Å². The fourth-order valence-electron chi connectivity index (χ4n) is 2.63. The number of nitrogens with zero attached hydrogens (tertiary/aromatic N) is 3. The first kappa shape index (κ1) is 12.0. The van der Waals surface area contributed by atoms with E-state index in [-0.39, 0.29) is 11.9 Å². The molecule has 1 amide bonds. The van der Waals surface area contributed by atoms with E-state index in [2.05, 4.69) is 5.10 Å². The van der Waals surface area contributed by atoms with E-state index in [4.69, 9.17) is 4.42 Å². The summed E-state index contributed by atoms with van der Waals surface area (Å²) in [7, 11) is 0. The quantitative estimate of drug-likeness (QED) is 0.831. The Morgan fingerprint density at radius 1 is 1.53 bits per heavy atom. The average Bonchev–Trinajstić information content (AvgIpc) is 3.09. The minimum atomic E-state index is 0.0584. The molecule has 5 heteroatoms. The largest absolute Gasteiger partial charge is 0.469 e. The van der Waals surface area contributed by atoms with Crippen LogP contribution in [0.2, 0.25) is 0 Å². The Morgan fingerprint density at radius 3 is 3.11 bits per heavy atom. The van der Waals surface area contributed by atoms with Gasteiger partial charge >= 0.3 is 0 Å². The summed E-state index contributed by atoms with van der Waals surface area (Å²) >= 11 is 0. The molecular formula is C14H17N3O2. The van der Waals surface area contributed by atoms with E-state index in [0.29, 0.717) is 17.9 Å². The third kappa shape index (κ3) is 2.28. The lowest BCUT2D eigenvalue weighted by Gasteiger charge is -2.32. The first-order valence-electron chi connectivity index (χ1n) is 6.58. The van der Waals surface area contributed by atoms with Crippen LogP contribution in [0.5, 0.6) is 0 Å². The second-order valence-electron chi connectivity index (χ2n) is 4.92. The highest BCUT2D eigenvalue weighted by Crippen LogP contribution is 2.23. The molecule has 1 fully saturated rings. The van der Waals surface area contributed by atoms with Crippen LogP contribution in [-0.2, 0) is 0 Å². The zero-order chi connectivity index (χ0) is 13.2. The van der Waals surface area contributed by atoms with Gasteiger partial charge in [-0.05, 0) is 31.9 Å². The van der Waals surface area contributed by atoms with Crippen LogP contribution in [0.3, 0.4) is 0 Å². The second-order valence-corrected chi connectivity index (χ2v) is 4.92. The van der Waals surface area contributed by atoms with Crippen LogP contribution in [0.25, 0.3) is 0 Å². The highest BCUT2D eigenvalue weighted by molar-refractivity contribution is 5.95. The lowest BCUT2D eigenvalue weighted by molar-refractivity contribution is 0.0671. The summed E-state index contributed by atoms with van der Waals surface area (Å²) in [4.78, 5) is 14.3. The average molecular weight is 259 g/mol. The topological polar surface area (TPSA) is 51.3 Å². The van der Waals surface area contributed by atoms with Crippen molar-refractivity contribution in [3.05, 3.63) is 42.1 Å². The Bertz CT molecular complexity index is 559. The second kappa shape index (κ2) is 4.91. The van der Waals surface area contributed by atoms with Crippen molar-refractivity contribution in [1.82, 2.24) is 14.7 Å². The normalized spacial score (nSPS) is 19.6. The zero-order valence-electron chi connectivity index (χ0n) is 11.0. The van der Waals surface area contributed by atoms with Crippen LogP contribution >= 0.6 is 0 Å². The van der Waals surface area contributed by atoms with Gasteiger partial charge in [-0.2, -0.15) is 5.10 Å². The molecule has 1 saturated heterocycles. The molecule has 0 unspecified atom stereocenters. The number of likely N-dealkylation sites (tertiary alicyclic amines) is 1. The molecule has 0 N–H and O–H groups in total. The maximum absolute atomic E-state index is 12.4. The summed E-state index contributed by atoms with van der Waals surface area (Å²) in [5.74, 6) is 0.745. The maximum atomic E-state index is 12.4. The van der Waals surface area contributed by atoms with E-state index in [0.717, 1.165) is 19.4 Å². The van der Waals surface area contributed by atoms with Gasteiger partial charge in [-0.1, -0.05) is 0 Å². The first-order chi connectivity index (χ1) is 9.25. The van der Waals surface area contributed by atoms with Gasteiger partial charge in [0.15, 0.2) is 0 Å². The number of carbonyl (C=O) groups is 1. The van der Waals surface area contributed by atoms with Crippen LogP contribution in [0.4, 0.5) is 0 Å². The number of amides is 1. The summed E-state index contributed by atoms with van der Waals surface area (Å²) in [5, 5.41) is 4.27. The van der Waals surface area contributed by atoms with Crippen molar-refractivity contribution in [2.24, 2.45) is 0 Å². The summed E-state index contributed by atoms with van der Waals surface area (Å²) in [6.45, 7) is 3.34. The van der Waals surface area contributed by atoms with Crippen molar-refractivity contribution in [3.8, 4) is 0 Å². The highest BCUT2D eigenvalue weighted by atomic mass is 16.3. The molecule has 1 aliphatic heterocycles. The molecular weight excluding hydrogens is 242 g/mol. The Balaban J connectivity index is 1.75. The third-order valence-corrected chi connectivity index (χ3v) is 3.67. The van der Waals surface area contributed by atoms with Crippen molar-refractivity contribution < 1.29 is 9.21 Å². The molecule has 100 valence electrons. The Morgan fingerprint density at radius 2 is 2.42 bits per heavy atom. The van der Waals surface area contributed by atoms with Gasteiger partial charge in [-0.25, -0.2) is 0 Å². The van der Waals surface area contributed by atoms with Crippen LogP contribution in [-0.4, -0.2) is 33.7 Å². The Labute approximate surface area is 111 Å². The molecule has 19 heavy (non-hydrogen) atoms. The summed E-state index contributed by atoms with van der Waals surface area (Å²) in [6.07, 6.45) is 7.38. The number of aromatic nitrogens is 2. The van der Waals surface area contributed by atoms with Crippen molar-refractivity contribution in [2.75, 3.05) is 13.1 Å². The molecule has 0 bridgehead atoms. The smallest absolute Gasteiger partial charge is 0.257 e. The van der Waals surface area contributed by atoms with Gasteiger partial charge in [0.2, 0.25) is 0 Å². The van der Waals surface area contributed by atoms with E-state index < -0.39 is 0 Å². The fourth-order valence-corrected chi connectivity index (χ4v) is 2.63. The molecule has 0 aliphatic carbocycles. The van der Waals surface area contributed by atoms with Gasteiger partial charge in [0.05, 0.1) is 17.9 Å². The van der Waals surface area contributed by atoms with Crippen molar-refractivity contribution in [3.63, 3.8) is 0 Å². The summed E-state index contributed by atoms with van der Waals surface area (Å²) < 4.78 is 7.16. The SMILES string of the molecule is Cc1occc1C(=O)N1CCC[C@H](n2cccn2)C1. The van der Waals surface area contributed by atoms with Gasteiger partial charge < -0.3 is 9.32 Å². The van der Waals surface area contributed by atoms with Crippen molar-refractivity contribution in [2.45, 2.75) is 25.8 Å². The number of carbonyl (C=O) groups excluding carboxylic acids is 1. The van der Waals surface area contributed by atoms with Crippen LogP contribution < -0.4 is 0 Å². The number of piperidine rings is 1. The molecule has 0 aromatic carbocycles. The number of aryl methyl sites for hydroxylation is 1. The molecule has 2 aromatic heterocycles. The first-order valence-corrected chi connectivity index (χ1v) is 6.58. The molecule has 0 radical (unpaired) electrons. The molecule has 0 spiro atoms. The maximum Gasteiger partial charge on any atom is 0.257 e. The van der Waals surface area contributed by atoms with Gasteiger partial charge in [-0.15, -0.1) is 0 Å². The van der Waals surface area contributed by atoms with Crippen LogP contribution in [0.15, 0.2) is 35.2 Å². The summed E-state index contributed by atoms with van der Waals surface area (Å²) in [5.41, 5.74) is 0.668. The number of hydrogen-bond acceptors (Lipinski definition) is 3. The minimum absolute atomic E-state index is 0.0584. The van der Waals surface area contributed by atoms with E-state index in [9.17, 15) is 4.79 Å². The van der Waals surface area contributed by atoms with Crippen LogP contribution in [0, 0.1) is 6.92 Å². The molecule has 3 rings (SSSR count). The monoisotopic (exact) mass is 259 g/mol. The molecule has 1 atom stereocenters. The van der Waals surface area contributed by atoms with Gasteiger partial charge in [0, 0.05) is 25.5 Å². The lowest BCUT2D eigenvalue weighted by atomic mass is 10.0. The molecule has 0 saturated carbocycles. The summed E-state index contributed by atoms with van der Waals surface area (Å²) in [6, 6.07) is 3.94. The minimum Gasteiger partial charge on any atom is -0.469 e. The number of furan rings is 1. The predicted molar refractivity (Wildman–Crippen MR) is 69.8 cm³/mol. The Hall–Kier alpha value is -2.04. The van der Waals surface area contributed by atoms with E-state index in [1.54, 1.807) is 18.5 Å². The number of hydrogen-bond donors (Lipinski definition) is 0. The lowest BCUT2D eigenvalue weighted by Crippen LogP contribution is -2.40. The highest BCUT2D eigenvalue weighted by Gasteiger charge is 2.27. The van der Waals surface area contributed by atoms with Crippen LogP contribution in [0.1, 0.15) is 35.0 Å². The van der Waals surface area contributed by atoms with Crippen molar-refractivity contribution >= 4 is 5.91 Å².